The van der Waals surface area contributed by atoms with Crippen LogP contribution in [0, 0.1) is 5.92 Å². The quantitative estimate of drug-likeness (QED) is 0.819. The monoisotopic (exact) mass is 372 g/mol. The Morgan fingerprint density at radius 2 is 2.12 bits per heavy atom. The van der Waals surface area contributed by atoms with Crippen molar-refractivity contribution in [2.24, 2.45) is 5.92 Å². The first-order valence-corrected chi connectivity index (χ1v) is 8.67. The van der Waals surface area contributed by atoms with Crippen LogP contribution in [0.15, 0.2) is 24.3 Å². The number of hydrogen-bond acceptors (Lipinski definition) is 2. The van der Waals surface area contributed by atoms with Crippen molar-refractivity contribution in [3.05, 3.63) is 35.4 Å². The molecule has 0 saturated carbocycles. The third-order valence-electron chi connectivity index (χ3n) is 4.55. The summed E-state index contributed by atoms with van der Waals surface area (Å²) in [6, 6.07) is 3.94. The summed E-state index contributed by atoms with van der Waals surface area (Å²) in [5.41, 5.74) is -0.365. The highest BCUT2D eigenvalue weighted by molar-refractivity contribution is 5.77. The number of amides is 2. The van der Waals surface area contributed by atoms with Crippen molar-refractivity contribution in [1.82, 2.24) is 10.2 Å². The van der Waals surface area contributed by atoms with Crippen LogP contribution in [0.1, 0.15) is 49.8 Å². The Labute approximate surface area is 150 Å². The molecule has 1 saturated heterocycles. The summed E-state index contributed by atoms with van der Waals surface area (Å²) in [5, 5.41) is 11.9. The van der Waals surface area contributed by atoms with Gasteiger partial charge in [0.2, 0.25) is 0 Å². The van der Waals surface area contributed by atoms with Crippen LogP contribution in [0.25, 0.3) is 0 Å². The predicted octanol–water partition coefficient (Wildman–Crippen LogP) is 4.05. The number of likely N-dealkylation sites (tertiary alicyclic amines) is 1. The minimum Gasteiger partial charge on any atom is -0.481 e. The summed E-state index contributed by atoms with van der Waals surface area (Å²) >= 11 is 0. The molecule has 26 heavy (non-hydrogen) atoms. The summed E-state index contributed by atoms with van der Waals surface area (Å²) in [4.78, 5) is 25.1. The molecule has 1 heterocycles. The third-order valence-corrected chi connectivity index (χ3v) is 4.55. The normalized spacial score (nSPS) is 19.1. The lowest BCUT2D eigenvalue weighted by Crippen LogP contribution is -2.47. The molecule has 1 aromatic rings. The molecule has 0 aromatic heterocycles. The number of urea groups is 1. The molecule has 2 atom stereocenters. The highest BCUT2D eigenvalue weighted by Gasteiger charge is 2.32. The van der Waals surface area contributed by atoms with Crippen molar-refractivity contribution < 1.29 is 27.9 Å². The summed E-state index contributed by atoms with van der Waals surface area (Å²) in [5.74, 6) is -1.54. The number of aliphatic carboxylic acids is 1. The van der Waals surface area contributed by atoms with E-state index < -0.39 is 35.7 Å². The van der Waals surface area contributed by atoms with E-state index in [9.17, 15) is 22.8 Å². The average molecular weight is 372 g/mol. The Morgan fingerprint density at radius 1 is 1.38 bits per heavy atom. The predicted molar refractivity (Wildman–Crippen MR) is 89.6 cm³/mol. The first-order valence-electron chi connectivity index (χ1n) is 8.67. The Morgan fingerprint density at radius 3 is 2.73 bits per heavy atom. The molecule has 2 amide bonds. The van der Waals surface area contributed by atoms with Crippen LogP contribution in [0.3, 0.4) is 0 Å². The minimum atomic E-state index is -4.45. The number of alkyl halides is 3. The zero-order chi connectivity index (χ0) is 19.3. The molecule has 2 unspecified atom stereocenters. The molecule has 0 radical (unpaired) electrons. The second-order valence-electron chi connectivity index (χ2n) is 6.54. The Balaban J connectivity index is 2.12. The Kier molecular flexibility index (Phi) is 6.50. The maximum absolute atomic E-state index is 12.9. The van der Waals surface area contributed by atoms with E-state index in [0.717, 1.165) is 12.1 Å². The molecule has 1 aromatic carbocycles. The zero-order valence-electron chi connectivity index (χ0n) is 14.6. The van der Waals surface area contributed by atoms with E-state index in [0.29, 0.717) is 37.8 Å². The second-order valence-corrected chi connectivity index (χ2v) is 6.54. The van der Waals surface area contributed by atoms with Crippen molar-refractivity contribution in [1.29, 1.82) is 0 Å². The minimum absolute atomic E-state index is 0.114. The molecule has 1 aliphatic rings. The first kappa shape index (κ1) is 20.1. The number of hydrogen-bond donors (Lipinski definition) is 2. The smallest absolute Gasteiger partial charge is 0.416 e. The molecular weight excluding hydrogens is 349 g/mol. The van der Waals surface area contributed by atoms with Crippen LogP contribution >= 0.6 is 0 Å². The van der Waals surface area contributed by atoms with E-state index in [1.54, 1.807) is 6.07 Å². The van der Waals surface area contributed by atoms with E-state index in [4.69, 9.17) is 5.11 Å². The molecular formula is C18H23F3N2O3. The number of nitrogens with zero attached hydrogens (tertiary/aromatic N) is 1. The third kappa shape index (κ3) is 5.12. The summed E-state index contributed by atoms with van der Waals surface area (Å²) < 4.78 is 38.8. The lowest BCUT2D eigenvalue weighted by atomic mass is 9.98. The van der Waals surface area contributed by atoms with Gasteiger partial charge in [-0.25, -0.2) is 4.79 Å². The number of carboxylic acids is 1. The standard InChI is InChI=1S/C18H23F3N2O3/c1-2-5-15(12-6-3-8-14(10-12)18(19,20)21)22-17(26)23-9-4-7-13(11-23)16(24)25/h3,6,8,10,13,15H,2,4-5,7,9,11H2,1H3,(H,22,26)(H,24,25). The SMILES string of the molecule is CCCC(NC(=O)N1CCCC(C(=O)O)C1)c1cccc(C(F)(F)F)c1. The van der Waals surface area contributed by atoms with E-state index in [1.807, 2.05) is 6.92 Å². The van der Waals surface area contributed by atoms with Crippen LogP contribution in [0.2, 0.25) is 0 Å². The maximum atomic E-state index is 12.9. The highest BCUT2D eigenvalue weighted by Crippen LogP contribution is 2.31. The summed E-state index contributed by atoms with van der Waals surface area (Å²) in [6.07, 6.45) is -2.17. The van der Waals surface area contributed by atoms with Crippen molar-refractivity contribution in [2.75, 3.05) is 13.1 Å². The first-order chi connectivity index (χ1) is 12.2. The van der Waals surface area contributed by atoms with E-state index in [2.05, 4.69) is 5.32 Å². The topological polar surface area (TPSA) is 69.6 Å². The van der Waals surface area contributed by atoms with Gasteiger partial charge in [-0.3, -0.25) is 4.79 Å². The molecule has 0 spiro atoms. The van der Waals surface area contributed by atoms with Crippen LogP contribution in [-0.4, -0.2) is 35.1 Å². The van der Waals surface area contributed by atoms with Gasteiger partial charge < -0.3 is 15.3 Å². The fourth-order valence-corrected chi connectivity index (χ4v) is 3.15. The van der Waals surface area contributed by atoms with Crippen molar-refractivity contribution in [3.63, 3.8) is 0 Å². The van der Waals surface area contributed by atoms with Gasteiger partial charge in [0.05, 0.1) is 17.5 Å². The summed E-state index contributed by atoms with van der Waals surface area (Å²) in [7, 11) is 0. The van der Waals surface area contributed by atoms with Crippen LogP contribution in [0.4, 0.5) is 18.0 Å². The van der Waals surface area contributed by atoms with Gasteiger partial charge in [0.25, 0.3) is 0 Å². The van der Waals surface area contributed by atoms with Crippen molar-refractivity contribution in [2.45, 2.75) is 44.8 Å². The van der Waals surface area contributed by atoms with Gasteiger partial charge in [0.1, 0.15) is 0 Å². The van der Waals surface area contributed by atoms with Gasteiger partial charge in [-0.05, 0) is 37.0 Å². The molecule has 0 aliphatic carbocycles. The van der Waals surface area contributed by atoms with Gasteiger partial charge in [-0.2, -0.15) is 13.2 Å². The van der Waals surface area contributed by atoms with Gasteiger partial charge in [-0.15, -0.1) is 0 Å². The molecule has 2 N–H and O–H groups in total. The molecule has 8 heteroatoms. The number of carboxylic acid groups (broad SMARTS) is 1. The number of piperidine rings is 1. The molecule has 0 bridgehead atoms. The number of nitrogens with one attached hydrogen (secondary N) is 1. The van der Waals surface area contributed by atoms with E-state index in [-0.39, 0.29) is 6.54 Å². The van der Waals surface area contributed by atoms with Gasteiger partial charge in [0.15, 0.2) is 0 Å². The average Bonchev–Trinajstić information content (AvgIpc) is 2.60. The fraction of sp³-hybridized carbons (Fsp3) is 0.556. The second kappa shape index (κ2) is 8.42. The Hall–Kier alpha value is -2.25. The molecule has 1 fully saturated rings. The van der Waals surface area contributed by atoms with Gasteiger partial charge >= 0.3 is 18.2 Å². The molecule has 1 aliphatic heterocycles. The number of carbonyl (C=O) groups is 2. The number of rotatable bonds is 5. The number of carbonyl (C=O) groups excluding carboxylic acids is 1. The lowest BCUT2D eigenvalue weighted by Gasteiger charge is -2.32. The Bertz CT molecular complexity index is 649. The van der Waals surface area contributed by atoms with Crippen molar-refractivity contribution in [3.8, 4) is 0 Å². The number of halogens is 3. The zero-order valence-corrected chi connectivity index (χ0v) is 14.6. The molecule has 5 nitrogen and oxygen atoms in total. The van der Waals surface area contributed by atoms with Crippen LogP contribution < -0.4 is 5.32 Å². The lowest BCUT2D eigenvalue weighted by molar-refractivity contribution is -0.143. The van der Waals surface area contributed by atoms with Crippen molar-refractivity contribution >= 4 is 12.0 Å². The largest absolute Gasteiger partial charge is 0.481 e. The molecule has 144 valence electrons. The van der Waals surface area contributed by atoms with Gasteiger partial charge in [0, 0.05) is 13.1 Å². The van der Waals surface area contributed by atoms with Crippen LogP contribution in [-0.2, 0) is 11.0 Å². The van der Waals surface area contributed by atoms with Gasteiger partial charge in [-0.1, -0.05) is 25.5 Å². The van der Waals surface area contributed by atoms with Crippen LogP contribution in [0.5, 0.6) is 0 Å². The van der Waals surface area contributed by atoms with E-state index in [1.165, 1.54) is 11.0 Å². The number of benzene rings is 1. The van der Waals surface area contributed by atoms with E-state index >= 15 is 0 Å². The molecule has 2 rings (SSSR count). The maximum Gasteiger partial charge on any atom is 0.416 e. The summed E-state index contributed by atoms with van der Waals surface area (Å²) in [6.45, 7) is 2.44. The fourth-order valence-electron chi connectivity index (χ4n) is 3.15. The highest BCUT2D eigenvalue weighted by atomic mass is 19.4.